The van der Waals surface area contributed by atoms with E-state index < -0.39 is 5.97 Å². The number of nitrogens with zero attached hydrogens (tertiary/aromatic N) is 2. The summed E-state index contributed by atoms with van der Waals surface area (Å²) in [7, 11) is 1.27. The van der Waals surface area contributed by atoms with Gasteiger partial charge in [-0.3, -0.25) is 14.6 Å². The van der Waals surface area contributed by atoms with Gasteiger partial charge in [0.25, 0.3) is 5.56 Å². The fraction of sp³-hybridized carbons (Fsp3) is 0.400. The highest BCUT2D eigenvalue weighted by Gasteiger charge is 2.17. The molecule has 160 valence electrons. The van der Waals surface area contributed by atoms with Gasteiger partial charge in [-0.1, -0.05) is 11.6 Å². The van der Waals surface area contributed by atoms with E-state index in [1.165, 1.54) is 25.3 Å². The lowest BCUT2D eigenvalue weighted by Gasteiger charge is -2.27. The first-order valence-corrected chi connectivity index (χ1v) is 9.87. The highest BCUT2D eigenvalue weighted by molar-refractivity contribution is 6.33. The molecule has 0 bridgehead atoms. The number of aromatic nitrogens is 2. The van der Waals surface area contributed by atoms with Crippen LogP contribution in [-0.4, -0.2) is 55.3 Å². The van der Waals surface area contributed by atoms with Crippen LogP contribution in [0.4, 0.5) is 11.6 Å². The summed E-state index contributed by atoms with van der Waals surface area (Å²) >= 11 is 6.10. The van der Waals surface area contributed by atoms with E-state index in [1.54, 1.807) is 6.92 Å². The van der Waals surface area contributed by atoms with Crippen LogP contribution in [-0.2, 0) is 20.7 Å². The van der Waals surface area contributed by atoms with E-state index >= 15 is 0 Å². The van der Waals surface area contributed by atoms with Crippen LogP contribution in [0.3, 0.4) is 0 Å². The maximum Gasteiger partial charge on any atom is 0.337 e. The predicted molar refractivity (Wildman–Crippen MR) is 112 cm³/mol. The smallest absolute Gasteiger partial charge is 0.337 e. The molecule has 30 heavy (non-hydrogen) atoms. The molecule has 1 aromatic carbocycles. The molecule has 2 aromatic rings. The van der Waals surface area contributed by atoms with Crippen molar-refractivity contribution in [3.63, 3.8) is 0 Å². The van der Waals surface area contributed by atoms with Gasteiger partial charge in [0.2, 0.25) is 11.9 Å². The number of carbonyl (C=O) groups excluding carboxylic acids is 2. The van der Waals surface area contributed by atoms with Crippen LogP contribution in [0.15, 0.2) is 23.0 Å². The molecule has 0 spiro atoms. The van der Waals surface area contributed by atoms with E-state index in [0.29, 0.717) is 54.2 Å². The third-order valence-electron chi connectivity index (χ3n) is 4.78. The number of morpholine rings is 1. The molecule has 3 rings (SSSR count). The third kappa shape index (κ3) is 5.17. The highest BCUT2D eigenvalue weighted by atomic mass is 35.5. The van der Waals surface area contributed by atoms with Crippen LogP contribution in [0.25, 0.3) is 0 Å². The van der Waals surface area contributed by atoms with Gasteiger partial charge in [0, 0.05) is 30.8 Å². The summed E-state index contributed by atoms with van der Waals surface area (Å²) in [4.78, 5) is 45.8. The zero-order chi connectivity index (χ0) is 21.7. The fourth-order valence-corrected chi connectivity index (χ4v) is 3.30. The number of hydrogen-bond donors (Lipinski definition) is 2. The lowest BCUT2D eigenvalue weighted by Crippen LogP contribution is -2.38. The van der Waals surface area contributed by atoms with Crippen molar-refractivity contribution >= 4 is 35.1 Å². The normalized spacial score (nSPS) is 13.8. The van der Waals surface area contributed by atoms with Gasteiger partial charge in [0.15, 0.2) is 0 Å². The van der Waals surface area contributed by atoms with Crippen molar-refractivity contribution in [2.24, 2.45) is 0 Å². The van der Waals surface area contributed by atoms with E-state index in [9.17, 15) is 14.4 Å². The van der Waals surface area contributed by atoms with Gasteiger partial charge in [0.05, 0.1) is 36.6 Å². The Bertz CT molecular complexity index is 1000. The first-order valence-electron chi connectivity index (χ1n) is 9.49. The zero-order valence-electron chi connectivity index (χ0n) is 16.8. The molecule has 1 aromatic heterocycles. The molecule has 0 aliphatic carbocycles. The molecular weight excluding hydrogens is 412 g/mol. The van der Waals surface area contributed by atoms with E-state index in [4.69, 9.17) is 16.3 Å². The van der Waals surface area contributed by atoms with Crippen molar-refractivity contribution in [1.29, 1.82) is 0 Å². The van der Waals surface area contributed by atoms with Gasteiger partial charge in [-0.15, -0.1) is 0 Å². The number of esters is 1. The van der Waals surface area contributed by atoms with Crippen LogP contribution in [0.5, 0.6) is 0 Å². The van der Waals surface area contributed by atoms with Crippen molar-refractivity contribution in [2.75, 3.05) is 43.6 Å². The topological polar surface area (TPSA) is 114 Å². The number of benzene rings is 1. The number of hydrogen-bond acceptors (Lipinski definition) is 7. The summed E-state index contributed by atoms with van der Waals surface area (Å²) in [5.41, 5.74) is 1.35. The number of nitrogens with one attached hydrogen (secondary N) is 2. The van der Waals surface area contributed by atoms with Crippen molar-refractivity contribution in [1.82, 2.24) is 9.97 Å². The van der Waals surface area contributed by atoms with Gasteiger partial charge < -0.3 is 19.7 Å². The van der Waals surface area contributed by atoms with E-state index in [0.717, 1.165) is 0 Å². The summed E-state index contributed by atoms with van der Waals surface area (Å²) in [5.74, 6) is -0.355. The van der Waals surface area contributed by atoms with Crippen LogP contribution < -0.4 is 15.8 Å². The molecule has 1 aliphatic rings. The number of aromatic amines is 1. The molecule has 0 radical (unpaired) electrons. The maximum atomic E-state index is 12.5. The number of ether oxygens (including phenoxy) is 2. The number of rotatable bonds is 6. The second-order valence-electron chi connectivity index (χ2n) is 6.79. The summed E-state index contributed by atoms with van der Waals surface area (Å²) in [6.07, 6.45) is 0.277. The Morgan fingerprint density at radius 2 is 2.07 bits per heavy atom. The largest absolute Gasteiger partial charge is 0.465 e. The van der Waals surface area contributed by atoms with E-state index in [-0.39, 0.29) is 29.9 Å². The lowest BCUT2D eigenvalue weighted by atomic mass is 10.1. The SMILES string of the molecule is COC(=O)c1ccc(Cl)c(NC(=O)CCc2c(C)nc(N3CCOCC3)[nH]c2=O)c1. The number of methoxy groups -OCH3 is 1. The molecule has 9 nitrogen and oxygen atoms in total. The van der Waals surface area contributed by atoms with E-state index in [2.05, 4.69) is 20.0 Å². The Kier molecular flexibility index (Phi) is 7.07. The van der Waals surface area contributed by atoms with Crippen LogP contribution in [0, 0.1) is 6.92 Å². The van der Waals surface area contributed by atoms with Gasteiger partial charge in [0.1, 0.15) is 0 Å². The first-order chi connectivity index (χ1) is 14.4. The Morgan fingerprint density at radius 1 is 1.33 bits per heavy atom. The number of H-pyrrole nitrogens is 1. The third-order valence-corrected chi connectivity index (χ3v) is 5.11. The fourth-order valence-electron chi connectivity index (χ4n) is 3.13. The summed E-state index contributed by atoms with van der Waals surface area (Å²) in [6.45, 7) is 4.25. The molecular formula is C20H23ClN4O5. The summed E-state index contributed by atoms with van der Waals surface area (Å²) < 4.78 is 9.98. The van der Waals surface area contributed by atoms with Crippen molar-refractivity contribution < 1.29 is 19.1 Å². The number of amides is 1. The van der Waals surface area contributed by atoms with Crippen molar-refractivity contribution in [3.8, 4) is 0 Å². The monoisotopic (exact) mass is 434 g/mol. The quantitative estimate of drug-likeness (QED) is 0.667. The molecule has 0 atom stereocenters. The minimum absolute atomic E-state index is 0.0568. The van der Waals surface area contributed by atoms with Gasteiger partial charge >= 0.3 is 5.97 Å². The average molecular weight is 435 g/mol. The first kappa shape index (κ1) is 21.8. The summed E-state index contributed by atoms with van der Waals surface area (Å²) in [5, 5.41) is 2.96. The predicted octanol–water partition coefficient (Wildman–Crippen LogP) is 1.93. The Balaban J connectivity index is 1.66. The van der Waals surface area contributed by atoms with Gasteiger partial charge in [-0.2, -0.15) is 0 Å². The van der Waals surface area contributed by atoms with Crippen LogP contribution in [0.1, 0.15) is 28.0 Å². The van der Waals surface area contributed by atoms with Gasteiger partial charge in [-0.05, 0) is 31.5 Å². The standard InChI is InChI=1S/C20H23ClN4O5/c1-12-14(18(27)24-20(22-12)25-7-9-30-10-8-25)4-6-17(26)23-16-11-13(19(28)29-2)3-5-15(16)21/h3,5,11H,4,6-10H2,1-2H3,(H,23,26)(H,22,24,27). The molecule has 1 saturated heterocycles. The van der Waals surface area contributed by atoms with Gasteiger partial charge in [-0.25, -0.2) is 9.78 Å². The number of carbonyl (C=O) groups is 2. The second kappa shape index (κ2) is 9.73. The average Bonchev–Trinajstić information content (AvgIpc) is 2.74. The Labute approximate surface area is 178 Å². The molecule has 2 heterocycles. The molecule has 1 fully saturated rings. The number of aryl methyl sites for hydroxylation is 1. The number of halogens is 1. The molecule has 1 amide bonds. The Hall–Kier alpha value is -2.91. The molecule has 0 saturated carbocycles. The number of anilines is 2. The Morgan fingerprint density at radius 3 is 2.73 bits per heavy atom. The van der Waals surface area contributed by atoms with E-state index in [1.807, 2.05) is 4.90 Å². The molecule has 2 N–H and O–H groups in total. The van der Waals surface area contributed by atoms with Crippen molar-refractivity contribution in [2.45, 2.75) is 19.8 Å². The zero-order valence-corrected chi connectivity index (χ0v) is 17.5. The van der Waals surface area contributed by atoms with Crippen LogP contribution in [0.2, 0.25) is 5.02 Å². The van der Waals surface area contributed by atoms with Crippen LogP contribution >= 0.6 is 11.6 Å². The minimum Gasteiger partial charge on any atom is -0.465 e. The maximum absolute atomic E-state index is 12.5. The molecule has 0 unspecified atom stereocenters. The summed E-state index contributed by atoms with van der Waals surface area (Å²) in [6, 6.07) is 4.46. The highest BCUT2D eigenvalue weighted by Crippen LogP contribution is 2.24. The lowest BCUT2D eigenvalue weighted by molar-refractivity contribution is -0.116. The second-order valence-corrected chi connectivity index (χ2v) is 7.19. The van der Waals surface area contributed by atoms with Crippen molar-refractivity contribution in [3.05, 3.63) is 50.4 Å². The molecule has 1 aliphatic heterocycles. The molecule has 10 heteroatoms. The minimum atomic E-state index is -0.532.